The van der Waals surface area contributed by atoms with Crippen LogP contribution in [0.1, 0.15) is 81.5 Å². The lowest BCUT2D eigenvalue weighted by molar-refractivity contribution is -0.385. The number of carbonyl (C=O) groups is 1. The van der Waals surface area contributed by atoms with Crippen LogP contribution < -0.4 is 9.47 Å². The fraction of sp³-hybridized carbons (Fsp3) is 0.650. The van der Waals surface area contributed by atoms with Gasteiger partial charge in [0, 0.05) is 6.07 Å². The molecule has 0 aromatic heterocycles. The molecule has 0 radical (unpaired) electrons. The molecule has 0 atom stereocenters. The van der Waals surface area contributed by atoms with Gasteiger partial charge in [-0.2, -0.15) is 0 Å². The molecule has 146 valence electrons. The van der Waals surface area contributed by atoms with Crippen LogP contribution in [0.4, 0.5) is 5.69 Å². The third-order valence-electron chi connectivity index (χ3n) is 4.39. The number of aldehydes is 1. The van der Waals surface area contributed by atoms with Gasteiger partial charge in [-0.1, -0.05) is 64.7 Å². The van der Waals surface area contributed by atoms with Crippen molar-refractivity contribution in [2.24, 2.45) is 0 Å². The molecule has 0 bridgehead atoms. The molecule has 0 fully saturated rings. The number of methoxy groups -OCH3 is 1. The first kappa shape index (κ1) is 21.9. The van der Waals surface area contributed by atoms with E-state index in [-0.39, 0.29) is 11.3 Å². The van der Waals surface area contributed by atoms with Crippen molar-refractivity contribution in [1.82, 2.24) is 0 Å². The molecule has 0 aliphatic rings. The van der Waals surface area contributed by atoms with Gasteiger partial charge in [-0.15, -0.1) is 0 Å². The van der Waals surface area contributed by atoms with Crippen LogP contribution in [0.15, 0.2) is 12.1 Å². The predicted octanol–water partition coefficient (Wildman–Crippen LogP) is 5.72. The van der Waals surface area contributed by atoms with Crippen molar-refractivity contribution in [1.29, 1.82) is 0 Å². The number of benzene rings is 1. The second-order valence-corrected chi connectivity index (χ2v) is 6.47. The molecule has 0 spiro atoms. The molecule has 0 heterocycles. The second-order valence-electron chi connectivity index (χ2n) is 6.47. The quantitative estimate of drug-likeness (QED) is 0.172. The number of unbranched alkanes of at least 4 members (excludes halogenated alkanes) is 9. The number of hydrogen-bond acceptors (Lipinski definition) is 5. The lowest BCUT2D eigenvalue weighted by Crippen LogP contribution is -2.02. The molecule has 1 rings (SSSR count). The summed E-state index contributed by atoms with van der Waals surface area (Å²) in [6.45, 7) is 2.71. The molecular weight excluding hydrogens is 334 g/mol. The third kappa shape index (κ3) is 7.85. The van der Waals surface area contributed by atoms with E-state index in [0.717, 1.165) is 12.8 Å². The summed E-state index contributed by atoms with van der Waals surface area (Å²) in [5, 5.41) is 11.0. The average Bonchev–Trinajstić information content (AvgIpc) is 2.65. The van der Waals surface area contributed by atoms with Crippen LogP contribution in [-0.4, -0.2) is 24.9 Å². The number of hydrogen-bond donors (Lipinski definition) is 0. The lowest BCUT2D eigenvalue weighted by Gasteiger charge is -2.11. The van der Waals surface area contributed by atoms with Gasteiger partial charge in [-0.05, 0) is 6.42 Å². The highest BCUT2D eigenvalue weighted by atomic mass is 16.6. The highest BCUT2D eigenvalue weighted by Gasteiger charge is 2.19. The van der Waals surface area contributed by atoms with Crippen molar-refractivity contribution in [3.05, 3.63) is 27.8 Å². The van der Waals surface area contributed by atoms with E-state index in [0.29, 0.717) is 24.4 Å². The first-order valence-corrected chi connectivity index (χ1v) is 9.58. The van der Waals surface area contributed by atoms with Crippen LogP contribution in [0.2, 0.25) is 0 Å². The van der Waals surface area contributed by atoms with Gasteiger partial charge >= 0.3 is 0 Å². The Balaban J connectivity index is 2.31. The maximum absolute atomic E-state index is 11.0. The van der Waals surface area contributed by atoms with Crippen molar-refractivity contribution >= 4 is 12.0 Å². The topological polar surface area (TPSA) is 78.7 Å². The van der Waals surface area contributed by atoms with Gasteiger partial charge in [0.25, 0.3) is 5.69 Å². The summed E-state index contributed by atoms with van der Waals surface area (Å²) in [6.07, 6.45) is 12.8. The molecule has 6 heteroatoms. The Labute approximate surface area is 156 Å². The number of ether oxygens (including phenoxy) is 2. The van der Waals surface area contributed by atoms with Gasteiger partial charge in [-0.25, -0.2) is 0 Å². The van der Waals surface area contributed by atoms with Crippen molar-refractivity contribution in [2.45, 2.75) is 71.1 Å². The summed E-state index contributed by atoms with van der Waals surface area (Å²) in [5.41, 5.74) is -0.281. The molecule has 0 saturated carbocycles. The minimum Gasteiger partial charge on any atom is -0.493 e. The lowest BCUT2D eigenvalue weighted by atomic mass is 10.1. The molecule has 0 saturated heterocycles. The van der Waals surface area contributed by atoms with Crippen LogP contribution >= 0.6 is 0 Å². The minimum absolute atomic E-state index is 0.0156. The Morgan fingerprint density at radius 1 is 0.962 bits per heavy atom. The van der Waals surface area contributed by atoms with E-state index < -0.39 is 4.92 Å². The van der Waals surface area contributed by atoms with Crippen LogP contribution in [0, 0.1) is 10.1 Å². The summed E-state index contributed by atoms with van der Waals surface area (Å²) >= 11 is 0. The monoisotopic (exact) mass is 365 g/mol. The second kappa shape index (κ2) is 13.1. The van der Waals surface area contributed by atoms with Crippen molar-refractivity contribution in [2.75, 3.05) is 13.7 Å². The average molecular weight is 365 g/mol. The van der Waals surface area contributed by atoms with Crippen LogP contribution in [-0.2, 0) is 0 Å². The van der Waals surface area contributed by atoms with Crippen LogP contribution in [0.25, 0.3) is 0 Å². The van der Waals surface area contributed by atoms with Gasteiger partial charge < -0.3 is 9.47 Å². The third-order valence-corrected chi connectivity index (χ3v) is 4.39. The summed E-state index contributed by atoms with van der Waals surface area (Å²) < 4.78 is 10.8. The molecule has 6 nitrogen and oxygen atoms in total. The van der Waals surface area contributed by atoms with Crippen molar-refractivity contribution in [3.63, 3.8) is 0 Å². The van der Waals surface area contributed by atoms with Gasteiger partial charge in [0.2, 0.25) is 0 Å². The fourth-order valence-electron chi connectivity index (χ4n) is 2.86. The van der Waals surface area contributed by atoms with E-state index in [9.17, 15) is 14.9 Å². The van der Waals surface area contributed by atoms with E-state index in [4.69, 9.17) is 9.47 Å². The molecule has 0 amide bonds. The largest absolute Gasteiger partial charge is 0.493 e. The SMILES string of the molecule is CCCCCCCCCCCCOc1cc([N+](=O)[O-])c(C=O)cc1OC. The summed E-state index contributed by atoms with van der Waals surface area (Å²) in [4.78, 5) is 21.4. The maximum atomic E-state index is 11.0. The molecule has 0 aliphatic carbocycles. The van der Waals surface area contributed by atoms with Gasteiger partial charge in [0.05, 0.1) is 30.3 Å². The van der Waals surface area contributed by atoms with Crippen molar-refractivity contribution < 1.29 is 19.2 Å². The first-order chi connectivity index (χ1) is 12.6. The summed E-state index contributed by atoms with van der Waals surface area (Å²) in [6, 6.07) is 2.61. The molecule has 1 aromatic rings. The molecule has 1 aromatic carbocycles. The Morgan fingerprint density at radius 3 is 2.04 bits per heavy atom. The zero-order valence-electron chi connectivity index (χ0n) is 16.0. The number of rotatable bonds is 15. The van der Waals surface area contributed by atoms with E-state index in [1.807, 2.05) is 0 Å². The highest BCUT2D eigenvalue weighted by molar-refractivity contribution is 5.83. The molecule has 0 aliphatic heterocycles. The van der Waals surface area contributed by atoms with Gasteiger partial charge in [-0.3, -0.25) is 14.9 Å². The normalized spacial score (nSPS) is 10.5. The molecular formula is C20H31NO5. The van der Waals surface area contributed by atoms with Gasteiger partial charge in [0.1, 0.15) is 0 Å². The van der Waals surface area contributed by atoms with Crippen molar-refractivity contribution in [3.8, 4) is 11.5 Å². The number of nitro benzene ring substituents is 1. The Bertz CT molecular complexity index is 559. The predicted molar refractivity (Wildman–Crippen MR) is 102 cm³/mol. The maximum Gasteiger partial charge on any atom is 0.283 e. The van der Waals surface area contributed by atoms with E-state index in [2.05, 4.69) is 6.92 Å². The molecule has 26 heavy (non-hydrogen) atoms. The summed E-state index contributed by atoms with van der Waals surface area (Å²) in [7, 11) is 1.45. The van der Waals surface area contributed by atoms with E-state index >= 15 is 0 Å². The minimum atomic E-state index is -0.587. The number of nitro groups is 1. The smallest absolute Gasteiger partial charge is 0.283 e. The zero-order valence-corrected chi connectivity index (χ0v) is 16.0. The van der Waals surface area contributed by atoms with E-state index in [1.165, 1.54) is 70.6 Å². The molecule has 0 unspecified atom stereocenters. The number of nitrogens with zero attached hydrogens (tertiary/aromatic N) is 1. The Hall–Kier alpha value is -2.11. The Morgan fingerprint density at radius 2 is 1.54 bits per heavy atom. The fourth-order valence-corrected chi connectivity index (χ4v) is 2.86. The van der Waals surface area contributed by atoms with Crippen LogP contribution in [0.3, 0.4) is 0 Å². The highest BCUT2D eigenvalue weighted by Crippen LogP contribution is 2.34. The van der Waals surface area contributed by atoms with Crippen LogP contribution in [0.5, 0.6) is 11.5 Å². The zero-order chi connectivity index (χ0) is 19.2. The molecule has 0 N–H and O–H groups in total. The van der Waals surface area contributed by atoms with E-state index in [1.54, 1.807) is 0 Å². The standard InChI is InChI=1S/C20H31NO5/c1-3-4-5-6-7-8-9-10-11-12-13-26-20-15-18(21(23)24)17(16-22)14-19(20)25-2/h14-16H,3-13H2,1-2H3. The Kier molecular flexibility index (Phi) is 11.1. The number of carbonyl (C=O) groups excluding carboxylic acids is 1. The van der Waals surface area contributed by atoms with Gasteiger partial charge in [0.15, 0.2) is 17.8 Å². The first-order valence-electron chi connectivity index (χ1n) is 9.58. The summed E-state index contributed by atoms with van der Waals surface area (Å²) in [5.74, 6) is 0.644.